The molecule has 1 N–H and O–H groups in total. The number of ether oxygens (including phenoxy) is 1. The predicted molar refractivity (Wildman–Crippen MR) is 104 cm³/mol. The van der Waals surface area contributed by atoms with Gasteiger partial charge in [-0.25, -0.2) is 4.98 Å². The Labute approximate surface area is 157 Å². The van der Waals surface area contributed by atoms with Gasteiger partial charge in [0.05, 0.1) is 28.5 Å². The number of hydrogen-bond acceptors (Lipinski definition) is 3. The van der Waals surface area contributed by atoms with Gasteiger partial charge >= 0.3 is 0 Å². The summed E-state index contributed by atoms with van der Waals surface area (Å²) >= 11 is 12.3. The van der Waals surface area contributed by atoms with Crippen molar-refractivity contribution >= 4 is 29.2 Å². The van der Waals surface area contributed by atoms with Crippen molar-refractivity contribution in [3.63, 3.8) is 0 Å². The van der Waals surface area contributed by atoms with Crippen LogP contribution in [-0.4, -0.2) is 16.2 Å². The molecule has 3 aromatic rings. The standard InChI is InChI=1S/C19H19Cl2N3O/c1-3-25-15-9-7-13(8-10-15)17-12-23-19(24(17)2)22-11-14-5-4-6-16(20)18(14)21/h4-10,12H,3,11H2,1-2H3,(H,22,23). The van der Waals surface area contributed by atoms with Gasteiger partial charge in [0.2, 0.25) is 5.95 Å². The fourth-order valence-electron chi connectivity index (χ4n) is 2.59. The molecule has 2 aromatic carbocycles. The van der Waals surface area contributed by atoms with Crippen molar-refractivity contribution in [2.24, 2.45) is 7.05 Å². The number of imidazole rings is 1. The summed E-state index contributed by atoms with van der Waals surface area (Å²) in [7, 11) is 1.97. The van der Waals surface area contributed by atoms with Gasteiger partial charge < -0.3 is 14.6 Å². The number of nitrogens with one attached hydrogen (secondary N) is 1. The van der Waals surface area contributed by atoms with Gasteiger partial charge in [-0.1, -0.05) is 35.3 Å². The first-order valence-electron chi connectivity index (χ1n) is 8.02. The minimum atomic E-state index is 0.549. The first-order valence-corrected chi connectivity index (χ1v) is 8.77. The highest BCUT2D eigenvalue weighted by Crippen LogP contribution is 2.27. The third-order valence-electron chi connectivity index (χ3n) is 3.92. The molecule has 0 fully saturated rings. The summed E-state index contributed by atoms with van der Waals surface area (Å²) in [5.74, 6) is 1.63. The molecule has 0 atom stereocenters. The fourth-order valence-corrected chi connectivity index (χ4v) is 2.98. The number of hydrogen-bond donors (Lipinski definition) is 1. The first kappa shape index (κ1) is 17.6. The first-order chi connectivity index (χ1) is 12.1. The van der Waals surface area contributed by atoms with Crippen molar-refractivity contribution in [1.29, 1.82) is 0 Å². The number of anilines is 1. The van der Waals surface area contributed by atoms with E-state index < -0.39 is 0 Å². The third kappa shape index (κ3) is 3.91. The molecule has 0 spiro atoms. The molecule has 1 heterocycles. The van der Waals surface area contributed by atoms with Crippen LogP contribution in [0.15, 0.2) is 48.7 Å². The Hall–Kier alpha value is -2.17. The lowest BCUT2D eigenvalue weighted by Crippen LogP contribution is -2.06. The minimum Gasteiger partial charge on any atom is -0.494 e. The summed E-state index contributed by atoms with van der Waals surface area (Å²) in [5.41, 5.74) is 3.02. The van der Waals surface area contributed by atoms with Crippen LogP contribution in [0, 0.1) is 0 Å². The summed E-state index contributed by atoms with van der Waals surface area (Å²) in [6, 6.07) is 13.6. The second kappa shape index (κ2) is 7.81. The fraction of sp³-hybridized carbons (Fsp3) is 0.211. The molecule has 4 nitrogen and oxygen atoms in total. The lowest BCUT2D eigenvalue weighted by atomic mass is 10.1. The quantitative estimate of drug-likeness (QED) is 0.626. The molecule has 0 unspecified atom stereocenters. The number of nitrogens with zero attached hydrogens (tertiary/aromatic N) is 2. The Kier molecular flexibility index (Phi) is 5.51. The number of benzene rings is 2. The third-order valence-corrected chi connectivity index (χ3v) is 4.78. The molecule has 1 aromatic heterocycles. The molecule has 0 bridgehead atoms. The highest BCUT2D eigenvalue weighted by molar-refractivity contribution is 6.42. The zero-order valence-electron chi connectivity index (χ0n) is 14.1. The maximum absolute atomic E-state index is 6.23. The van der Waals surface area contributed by atoms with Crippen molar-refractivity contribution in [1.82, 2.24) is 9.55 Å². The average Bonchev–Trinajstić information content (AvgIpc) is 2.98. The largest absolute Gasteiger partial charge is 0.494 e. The molecule has 130 valence electrons. The summed E-state index contributed by atoms with van der Waals surface area (Å²) in [4.78, 5) is 4.46. The second-order valence-electron chi connectivity index (χ2n) is 5.55. The molecule has 0 aliphatic heterocycles. The topological polar surface area (TPSA) is 39.1 Å². The lowest BCUT2D eigenvalue weighted by molar-refractivity contribution is 0.340. The summed E-state index contributed by atoms with van der Waals surface area (Å²) in [5, 5.41) is 4.42. The Morgan fingerprint density at radius 2 is 1.88 bits per heavy atom. The molecule has 0 aliphatic rings. The molecule has 0 radical (unpaired) electrons. The summed E-state index contributed by atoms with van der Waals surface area (Å²) in [6.07, 6.45) is 1.84. The zero-order chi connectivity index (χ0) is 17.8. The van der Waals surface area contributed by atoms with Crippen LogP contribution in [0.5, 0.6) is 5.75 Å². The maximum Gasteiger partial charge on any atom is 0.203 e. The molecular weight excluding hydrogens is 357 g/mol. The van der Waals surface area contributed by atoms with Crippen LogP contribution in [-0.2, 0) is 13.6 Å². The number of rotatable bonds is 6. The molecule has 0 aliphatic carbocycles. The Balaban J connectivity index is 1.75. The van der Waals surface area contributed by atoms with Crippen molar-refractivity contribution < 1.29 is 4.74 Å². The van der Waals surface area contributed by atoms with Crippen LogP contribution in [0.2, 0.25) is 10.0 Å². The molecule has 0 saturated carbocycles. The van der Waals surface area contributed by atoms with Gasteiger partial charge in [-0.15, -0.1) is 0 Å². The Bertz CT molecular complexity index is 860. The van der Waals surface area contributed by atoms with Gasteiger partial charge in [-0.2, -0.15) is 0 Å². The molecule has 0 amide bonds. The van der Waals surface area contributed by atoms with E-state index in [1.54, 1.807) is 6.07 Å². The monoisotopic (exact) mass is 375 g/mol. The van der Waals surface area contributed by atoms with Crippen LogP contribution in [0.1, 0.15) is 12.5 Å². The van der Waals surface area contributed by atoms with E-state index in [2.05, 4.69) is 10.3 Å². The Morgan fingerprint density at radius 3 is 2.60 bits per heavy atom. The highest BCUT2D eigenvalue weighted by atomic mass is 35.5. The van der Waals surface area contributed by atoms with E-state index in [0.29, 0.717) is 23.2 Å². The SMILES string of the molecule is CCOc1ccc(-c2cnc(NCc3cccc(Cl)c3Cl)n2C)cc1. The zero-order valence-corrected chi connectivity index (χ0v) is 15.6. The van der Waals surface area contributed by atoms with Crippen LogP contribution in [0.25, 0.3) is 11.3 Å². The molecule has 0 saturated heterocycles. The summed E-state index contributed by atoms with van der Waals surface area (Å²) in [6.45, 7) is 3.18. The average molecular weight is 376 g/mol. The lowest BCUT2D eigenvalue weighted by Gasteiger charge is -2.10. The van der Waals surface area contributed by atoms with Gasteiger partial charge in [-0.3, -0.25) is 0 Å². The van der Waals surface area contributed by atoms with E-state index in [9.17, 15) is 0 Å². The van der Waals surface area contributed by atoms with Crippen molar-refractivity contribution in [3.05, 3.63) is 64.3 Å². The molecule has 6 heteroatoms. The van der Waals surface area contributed by atoms with Crippen LogP contribution >= 0.6 is 23.2 Å². The van der Waals surface area contributed by atoms with Crippen molar-refractivity contribution in [3.8, 4) is 17.0 Å². The van der Waals surface area contributed by atoms with Gasteiger partial charge in [-0.05, 0) is 42.8 Å². The maximum atomic E-state index is 6.23. The van der Waals surface area contributed by atoms with E-state index in [0.717, 1.165) is 28.5 Å². The smallest absolute Gasteiger partial charge is 0.203 e. The van der Waals surface area contributed by atoms with Crippen LogP contribution in [0.3, 0.4) is 0 Å². The summed E-state index contributed by atoms with van der Waals surface area (Å²) < 4.78 is 7.49. The number of halogens is 2. The van der Waals surface area contributed by atoms with Crippen LogP contribution < -0.4 is 10.1 Å². The van der Waals surface area contributed by atoms with E-state index in [1.165, 1.54) is 0 Å². The molecule has 3 rings (SSSR count). The minimum absolute atomic E-state index is 0.549. The van der Waals surface area contributed by atoms with E-state index in [4.69, 9.17) is 27.9 Å². The van der Waals surface area contributed by atoms with E-state index in [1.807, 2.05) is 61.1 Å². The molecule has 25 heavy (non-hydrogen) atoms. The van der Waals surface area contributed by atoms with Gasteiger partial charge in [0.25, 0.3) is 0 Å². The number of aromatic nitrogens is 2. The normalized spacial score (nSPS) is 10.7. The van der Waals surface area contributed by atoms with Gasteiger partial charge in [0, 0.05) is 19.2 Å². The Morgan fingerprint density at radius 1 is 1.12 bits per heavy atom. The van der Waals surface area contributed by atoms with E-state index in [-0.39, 0.29) is 0 Å². The van der Waals surface area contributed by atoms with Gasteiger partial charge in [0.1, 0.15) is 5.75 Å². The second-order valence-corrected chi connectivity index (χ2v) is 6.34. The van der Waals surface area contributed by atoms with Crippen molar-refractivity contribution in [2.45, 2.75) is 13.5 Å². The molecular formula is C19H19Cl2N3O. The highest BCUT2D eigenvalue weighted by Gasteiger charge is 2.10. The van der Waals surface area contributed by atoms with Crippen LogP contribution in [0.4, 0.5) is 5.95 Å². The van der Waals surface area contributed by atoms with Crippen molar-refractivity contribution in [2.75, 3.05) is 11.9 Å². The van der Waals surface area contributed by atoms with Gasteiger partial charge in [0.15, 0.2) is 0 Å². The van der Waals surface area contributed by atoms with E-state index >= 15 is 0 Å². The predicted octanol–water partition coefficient (Wildman–Crippen LogP) is 5.40.